The topological polar surface area (TPSA) is 58.9 Å². The number of aryl methyl sites for hydroxylation is 2. The summed E-state index contributed by atoms with van der Waals surface area (Å²) >= 11 is 0. The second-order valence-electron chi connectivity index (χ2n) is 6.82. The van der Waals surface area contributed by atoms with Crippen molar-refractivity contribution in [1.29, 1.82) is 0 Å². The molecule has 0 unspecified atom stereocenters. The van der Waals surface area contributed by atoms with Crippen molar-refractivity contribution >= 4 is 5.65 Å². The van der Waals surface area contributed by atoms with E-state index in [0.717, 1.165) is 34.1 Å². The number of nitrogens with one attached hydrogen (secondary N) is 1. The number of nitrogens with zero attached hydrogens (tertiary/aromatic N) is 4. The summed E-state index contributed by atoms with van der Waals surface area (Å²) in [6.07, 6.45) is 3.96. The molecule has 3 heterocycles. The van der Waals surface area contributed by atoms with Gasteiger partial charge in [-0.3, -0.25) is 4.40 Å². The van der Waals surface area contributed by atoms with Gasteiger partial charge < -0.3 is 4.98 Å². The Bertz CT molecular complexity index is 1060. The molecule has 1 aromatic carbocycles. The zero-order chi connectivity index (χ0) is 17.6. The average molecular weight is 331 g/mol. The van der Waals surface area contributed by atoms with Crippen LogP contribution < -0.4 is 0 Å². The van der Waals surface area contributed by atoms with E-state index in [1.807, 2.05) is 12.3 Å². The maximum atomic E-state index is 4.59. The van der Waals surface area contributed by atoms with Gasteiger partial charge in [-0.05, 0) is 37.6 Å². The first-order valence-corrected chi connectivity index (χ1v) is 8.50. The van der Waals surface area contributed by atoms with Crippen LogP contribution in [0.3, 0.4) is 0 Å². The van der Waals surface area contributed by atoms with E-state index < -0.39 is 0 Å². The van der Waals surface area contributed by atoms with Gasteiger partial charge in [0, 0.05) is 23.2 Å². The highest BCUT2D eigenvalue weighted by molar-refractivity contribution is 5.67. The molecule has 0 saturated carbocycles. The van der Waals surface area contributed by atoms with Crippen molar-refractivity contribution in [2.45, 2.75) is 33.6 Å². The SMILES string of the molecule is Cc1ccc(C)c(-c2ncc(-c3ccc4nnc(C(C)C)n4c3)[nH]2)c1. The van der Waals surface area contributed by atoms with Gasteiger partial charge in [-0.1, -0.05) is 31.5 Å². The fourth-order valence-electron chi connectivity index (χ4n) is 3.06. The fraction of sp³-hybridized carbons (Fsp3) is 0.250. The molecule has 5 heteroatoms. The Hall–Kier alpha value is -2.95. The van der Waals surface area contributed by atoms with Crippen molar-refractivity contribution in [1.82, 2.24) is 24.6 Å². The number of pyridine rings is 1. The predicted octanol–water partition coefficient (Wildman–Crippen LogP) is 4.53. The third kappa shape index (κ3) is 2.71. The smallest absolute Gasteiger partial charge is 0.160 e. The van der Waals surface area contributed by atoms with Crippen molar-refractivity contribution in [2.75, 3.05) is 0 Å². The second kappa shape index (κ2) is 5.84. The summed E-state index contributed by atoms with van der Waals surface area (Å²) in [7, 11) is 0. The summed E-state index contributed by atoms with van der Waals surface area (Å²) < 4.78 is 2.05. The number of benzene rings is 1. The molecule has 0 amide bonds. The number of imidazole rings is 1. The van der Waals surface area contributed by atoms with Crippen LogP contribution in [0, 0.1) is 13.8 Å². The highest BCUT2D eigenvalue weighted by Gasteiger charge is 2.12. The Balaban J connectivity index is 1.78. The molecule has 0 saturated heterocycles. The van der Waals surface area contributed by atoms with E-state index >= 15 is 0 Å². The number of rotatable bonds is 3. The summed E-state index contributed by atoms with van der Waals surface area (Å²) in [5, 5.41) is 8.53. The zero-order valence-corrected chi connectivity index (χ0v) is 14.9. The van der Waals surface area contributed by atoms with Crippen LogP contribution in [0.2, 0.25) is 0 Å². The molecule has 0 spiro atoms. The Kier molecular flexibility index (Phi) is 3.64. The average Bonchev–Trinajstić information content (AvgIpc) is 3.23. The van der Waals surface area contributed by atoms with Crippen LogP contribution in [0.15, 0.2) is 42.7 Å². The number of aromatic nitrogens is 5. The molecule has 4 aromatic rings. The quantitative estimate of drug-likeness (QED) is 0.600. The van der Waals surface area contributed by atoms with E-state index in [9.17, 15) is 0 Å². The van der Waals surface area contributed by atoms with Gasteiger partial charge in [-0.2, -0.15) is 0 Å². The minimum absolute atomic E-state index is 0.317. The van der Waals surface area contributed by atoms with E-state index in [1.165, 1.54) is 11.1 Å². The minimum Gasteiger partial charge on any atom is -0.338 e. The molecule has 0 radical (unpaired) electrons. The highest BCUT2D eigenvalue weighted by atomic mass is 15.2. The summed E-state index contributed by atoms with van der Waals surface area (Å²) in [5.41, 5.74) is 6.49. The normalized spacial score (nSPS) is 11.6. The molecule has 3 aromatic heterocycles. The first kappa shape index (κ1) is 15.6. The number of fused-ring (bicyclic) bond motifs is 1. The molecule has 0 aliphatic heterocycles. The largest absolute Gasteiger partial charge is 0.338 e. The molecular formula is C20H21N5. The van der Waals surface area contributed by atoms with Gasteiger partial charge in [-0.15, -0.1) is 10.2 Å². The lowest BCUT2D eigenvalue weighted by molar-refractivity contribution is 0.759. The van der Waals surface area contributed by atoms with Gasteiger partial charge in [0.2, 0.25) is 0 Å². The third-order valence-electron chi connectivity index (χ3n) is 4.48. The van der Waals surface area contributed by atoms with E-state index in [1.54, 1.807) is 0 Å². The Morgan fingerprint density at radius 1 is 1.04 bits per heavy atom. The van der Waals surface area contributed by atoms with Crippen LogP contribution in [0.1, 0.15) is 36.7 Å². The van der Waals surface area contributed by atoms with Gasteiger partial charge in [0.1, 0.15) is 11.6 Å². The van der Waals surface area contributed by atoms with E-state index in [0.29, 0.717) is 5.92 Å². The summed E-state index contributed by atoms with van der Waals surface area (Å²) in [4.78, 5) is 8.05. The molecule has 4 rings (SSSR count). The molecule has 0 fully saturated rings. The number of H-pyrrole nitrogens is 1. The third-order valence-corrected chi connectivity index (χ3v) is 4.48. The Labute approximate surface area is 146 Å². The fourth-order valence-corrected chi connectivity index (χ4v) is 3.06. The van der Waals surface area contributed by atoms with E-state index in [-0.39, 0.29) is 0 Å². The molecule has 0 atom stereocenters. The molecular weight excluding hydrogens is 310 g/mol. The van der Waals surface area contributed by atoms with E-state index in [4.69, 9.17) is 0 Å². The van der Waals surface area contributed by atoms with Crippen LogP contribution in [0.25, 0.3) is 28.3 Å². The Morgan fingerprint density at radius 3 is 2.68 bits per heavy atom. The molecule has 0 aliphatic carbocycles. The summed E-state index contributed by atoms with van der Waals surface area (Å²) in [6, 6.07) is 10.5. The van der Waals surface area contributed by atoms with Gasteiger partial charge in [0.15, 0.2) is 5.65 Å². The number of aromatic amines is 1. The first-order valence-electron chi connectivity index (χ1n) is 8.50. The maximum Gasteiger partial charge on any atom is 0.160 e. The maximum absolute atomic E-state index is 4.59. The highest BCUT2D eigenvalue weighted by Crippen LogP contribution is 2.26. The first-order chi connectivity index (χ1) is 12.0. The molecule has 25 heavy (non-hydrogen) atoms. The lowest BCUT2D eigenvalue weighted by Gasteiger charge is -2.05. The van der Waals surface area contributed by atoms with Crippen LogP contribution >= 0.6 is 0 Å². The summed E-state index contributed by atoms with van der Waals surface area (Å²) in [5.74, 6) is 2.17. The van der Waals surface area contributed by atoms with Gasteiger partial charge in [0.05, 0.1) is 11.9 Å². The van der Waals surface area contributed by atoms with Crippen LogP contribution in [-0.4, -0.2) is 24.6 Å². The van der Waals surface area contributed by atoms with Gasteiger partial charge in [0.25, 0.3) is 0 Å². The lowest BCUT2D eigenvalue weighted by atomic mass is 10.1. The molecule has 126 valence electrons. The number of hydrogen-bond acceptors (Lipinski definition) is 3. The van der Waals surface area contributed by atoms with Crippen molar-refractivity contribution in [3.8, 4) is 22.6 Å². The molecule has 1 N–H and O–H groups in total. The summed E-state index contributed by atoms with van der Waals surface area (Å²) in [6.45, 7) is 8.45. The van der Waals surface area contributed by atoms with Crippen molar-refractivity contribution in [3.05, 3.63) is 59.7 Å². The second-order valence-corrected chi connectivity index (χ2v) is 6.82. The zero-order valence-electron chi connectivity index (χ0n) is 14.9. The van der Waals surface area contributed by atoms with Crippen molar-refractivity contribution < 1.29 is 0 Å². The lowest BCUT2D eigenvalue weighted by Crippen LogP contribution is -1.97. The predicted molar refractivity (Wildman–Crippen MR) is 99.6 cm³/mol. The molecule has 0 bridgehead atoms. The van der Waals surface area contributed by atoms with Crippen LogP contribution in [0.5, 0.6) is 0 Å². The standard InChI is InChI=1S/C20H21N5/c1-12(2)20-24-23-18-8-7-15(11-25(18)20)17-10-21-19(22-17)16-9-13(3)5-6-14(16)4/h5-12H,1-4H3,(H,21,22). The van der Waals surface area contributed by atoms with Crippen LogP contribution in [0.4, 0.5) is 0 Å². The molecule has 0 aliphatic rings. The molecule has 5 nitrogen and oxygen atoms in total. The Morgan fingerprint density at radius 2 is 1.88 bits per heavy atom. The van der Waals surface area contributed by atoms with Gasteiger partial charge in [-0.25, -0.2) is 4.98 Å². The van der Waals surface area contributed by atoms with E-state index in [2.05, 4.69) is 82.7 Å². The number of hydrogen-bond donors (Lipinski definition) is 1. The van der Waals surface area contributed by atoms with Crippen molar-refractivity contribution in [2.24, 2.45) is 0 Å². The van der Waals surface area contributed by atoms with Crippen molar-refractivity contribution in [3.63, 3.8) is 0 Å². The van der Waals surface area contributed by atoms with Crippen LogP contribution in [-0.2, 0) is 0 Å². The van der Waals surface area contributed by atoms with Gasteiger partial charge >= 0.3 is 0 Å². The minimum atomic E-state index is 0.317. The monoisotopic (exact) mass is 331 g/mol.